The lowest BCUT2D eigenvalue weighted by Crippen LogP contribution is -2.38. The fourth-order valence-corrected chi connectivity index (χ4v) is 2.79. The minimum atomic E-state index is -1.02. The van der Waals surface area contributed by atoms with Crippen LogP contribution in [0.5, 0.6) is 0 Å². The number of para-hydroxylation sites is 1. The number of carbonyl (C=O) groups is 3. The van der Waals surface area contributed by atoms with Gasteiger partial charge in [0, 0.05) is 37.8 Å². The van der Waals surface area contributed by atoms with Crippen LogP contribution in [0, 0.1) is 39.9 Å². The highest BCUT2D eigenvalue weighted by molar-refractivity contribution is 5.90. The fourth-order valence-electron chi connectivity index (χ4n) is 2.79. The van der Waals surface area contributed by atoms with Crippen molar-refractivity contribution in [3.05, 3.63) is 30.3 Å². The number of rotatable bonds is 14. The topological polar surface area (TPSA) is 156 Å². The molecule has 2 unspecified atom stereocenters. The van der Waals surface area contributed by atoms with Gasteiger partial charge in [-0.2, -0.15) is 15.8 Å². The predicted molar refractivity (Wildman–Crippen MR) is 111 cm³/mol. The van der Waals surface area contributed by atoms with Gasteiger partial charge in [-0.15, -0.1) is 0 Å². The molecule has 0 aliphatic rings. The average Bonchev–Trinajstić information content (AvgIpc) is 2.75. The van der Waals surface area contributed by atoms with Crippen LogP contribution in [-0.2, 0) is 14.3 Å². The first kappa shape index (κ1) is 25.3. The largest absolute Gasteiger partial charge is 0.380 e. The van der Waals surface area contributed by atoms with E-state index in [0.29, 0.717) is 5.69 Å². The summed E-state index contributed by atoms with van der Waals surface area (Å²) in [4.78, 5) is 36.5. The monoisotopic (exact) mass is 423 g/mol. The van der Waals surface area contributed by atoms with Gasteiger partial charge in [0.05, 0.1) is 37.8 Å². The molecule has 162 valence electrons. The normalized spacial score (nSPS) is 11.8. The maximum atomic E-state index is 12.5. The third kappa shape index (κ3) is 11.8. The van der Waals surface area contributed by atoms with Crippen LogP contribution in [0.1, 0.15) is 38.5 Å². The Labute approximate surface area is 181 Å². The molecule has 0 heterocycles. The number of ketones is 2. The van der Waals surface area contributed by atoms with E-state index in [4.69, 9.17) is 15.3 Å². The number of carbonyl (C=O) groups excluding carboxylic acids is 3. The molecule has 0 aliphatic heterocycles. The average molecular weight is 423 g/mol. The molecule has 0 aromatic heterocycles. The summed E-state index contributed by atoms with van der Waals surface area (Å²) in [7, 11) is 0. The van der Waals surface area contributed by atoms with Gasteiger partial charge < -0.3 is 15.4 Å². The molecule has 0 radical (unpaired) electrons. The molecule has 1 rings (SSSR count). The number of nitrogens with one attached hydrogen (secondary N) is 2. The number of benzene rings is 1. The molecule has 0 aliphatic carbocycles. The van der Waals surface area contributed by atoms with Gasteiger partial charge in [0.2, 0.25) is 0 Å². The summed E-state index contributed by atoms with van der Waals surface area (Å²) in [6, 6.07) is 12.8. The van der Waals surface area contributed by atoms with E-state index in [0.717, 1.165) is 0 Å². The number of anilines is 1. The molecule has 31 heavy (non-hydrogen) atoms. The van der Waals surface area contributed by atoms with Gasteiger partial charge in [-0.3, -0.25) is 9.59 Å². The molecule has 0 fully saturated rings. The molecule has 1 aromatic carbocycles. The van der Waals surface area contributed by atoms with Crippen molar-refractivity contribution in [1.29, 1.82) is 15.8 Å². The molecule has 2 amide bonds. The number of nitriles is 3. The summed E-state index contributed by atoms with van der Waals surface area (Å²) < 4.78 is 5.37. The van der Waals surface area contributed by atoms with Crippen LogP contribution in [0.2, 0.25) is 0 Å². The lowest BCUT2D eigenvalue weighted by atomic mass is 9.93. The van der Waals surface area contributed by atoms with Gasteiger partial charge in [-0.05, 0) is 18.1 Å². The Balaban J connectivity index is 2.58. The summed E-state index contributed by atoms with van der Waals surface area (Å²) in [6.45, 7) is 0.306. The van der Waals surface area contributed by atoms with E-state index in [1.807, 2.05) is 18.2 Å². The second-order valence-corrected chi connectivity index (χ2v) is 6.84. The maximum Gasteiger partial charge on any atom is 0.320 e. The van der Waals surface area contributed by atoms with Crippen molar-refractivity contribution in [3.63, 3.8) is 0 Å². The third-order valence-corrected chi connectivity index (χ3v) is 4.18. The number of hydrogen-bond donors (Lipinski definition) is 2. The van der Waals surface area contributed by atoms with Crippen molar-refractivity contribution in [2.24, 2.45) is 5.92 Å². The minimum absolute atomic E-state index is 0.00892. The second kappa shape index (κ2) is 15.1. The van der Waals surface area contributed by atoms with Crippen molar-refractivity contribution in [3.8, 4) is 18.2 Å². The molecule has 0 spiro atoms. The van der Waals surface area contributed by atoms with Crippen molar-refractivity contribution in [1.82, 2.24) is 5.32 Å². The zero-order valence-electron chi connectivity index (χ0n) is 17.2. The Morgan fingerprint density at radius 2 is 1.61 bits per heavy atom. The number of nitrogens with zero attached hydrogens (tertiary/aromatic N) is 3. The molecule has 1 aromatic rings. The summed E-state index contributed by atoms with van der Waals surface area (Å²) in [5, 5.41) is 31.5. The molecule has 9 heteroatoms. The highest BCUT2D eigenvalue weighted by Gasteiger charge is 2.21. The van der Waals surface area contributed by atoms with Crippen molar-refractivity contribution in [2.75, 3.05) is 18.5 Å². The Morgan fingerprint density at radius 1 is 0.935 bits per heavy atom. The van der Waals surface area contributed by atoms with E-state index in [1.165, 1.54) is 0 Å². The summed E-state index contributed by atoms with van der Waals surface area (Å²) in [5.74, 6) is -0.871. The van der Waals surface area contributed by atoms with Crippen molar-refractivity contribution in [2.45, 2.75) is 44.6 Å². The molecule has 0 saturated carbocycles. The van der Waals surface area contributed by atoms with Crippen molar-refractivity contribution < 1.29 is 19.1 Å². The fraction of sp³-hybridized carbons (Fsp3) is 0.455. The first-order chi connectivity index (χ1) is 15.0. The number of ether oxygens (including phenoxy) is 1. The molecular formula is C22H25N5O4. The van der Waals surface area contributed by atoms with Crippen LogP contribution in [-0.4, -0.2) is 36.9 Å². The standard InChI is InChI=1S/C22H25N5O4/c23-9-4-8-20(28)12-17(16-31-11-5-10-24)13-21(29)14-19(15-25)27-22(30)26-18-6-2-1-3-7-18/h1-3,6-7,17,19H,4-5,8,11-14,16H2,(H2,26,27,30). The summed E-state index contributed by atoms with van der Waals surface area (Å²) in [5.41, 5.74) is 0.550. The lowest BCUT2D eigenvalue weighted by Gasteiger charge is -2.17. The molecular weight excluding hydrogens is 398 g/mol. The molecule has 2 N–H and O–H groups in total. The van der Waals surface area contributed by atoms with Gasteiger partial charge >= 0.3 is 6.03 Å². The minimum Gasteiger partial charge on any atom is -0.380 e. The van der Waals surface area contributed by atoms with Gasteiger partial charge in [0.25, 0.3) is 0 Å². The van der Waals surface area contributed by atoms with Gasteiger partial charge in [0.1, 0.15) is 17.6 Å². The first-order valence-corrected chi connectivity index (χ1v) is 9.85. The van der Waals surface area contributed by atoms with Crippen LogP contribution in [0.15, 0.2) is 30.3 Å². The van der Waals surface area contributed by atoms with E-state index < -0.39 is 18.0 Å². The smallest absolute Gasteiger partial charge is 0.320 e. The number of hydrogen-bond acceptors (Lipinski definition) is 7. The van der Waals surface area contributed by atoms with E-state index in [2.05, 4.69) is 10.6 Å². The Morgan fingerprint density at radius 3 is 2.26 bits per heavy atom. The predicted octanol–water partition coefficient (Wildman–Crippen LogP) is 2.86. The number of urea groups is 1. The van der Waals surface area contributed by atoms with Crippen LogP contribution < -0.4 is 10.6 Å². The van der Waals surface area contributed by atoms with Crippen LogP contribution >= 0.6 is 0 Å². The SMILES string of the molecule is N#CCCOCC(CC(=O)CCC#N)CC(=O)CC(C#N)NC(=O)Nc1ccccc1. The van der Waals surface area contributed by atoms with Crippen LogP contribution in [0.25, 0.3) is 0 Å². The van der Waals surface area contributed by atoms with E-state index in [-0.39, 0.29) is 63.3 Å². The zero-order valence-corrected chi connectivity index (χ0v) is 17.2. The van der Waals surface area contributed by atoms with E-state index in [9.17, 15) is 19.6 Å². The van der Waals surface area contributed by atoms with Crippen LogP contribution in [0.4, 0.5) is 10.5 Å². The summed E-state index contributed by atoms with van der Waals surface area (Å²) in [6.07, 6.45) is 0.247. The number of Topliss-reactive ketones (excluding diaryl/α,β-unsaturated/α-hetero) is 2. The van der Waals surface area contributed by atoms with Crippen LogP contribution in [0.3, 0.4) is 0 Å². The number of amides is 2. The summed E-state index contributed by atoms with van der Waals surface area (Å²) >= 11 is 0. The highest BCUT2D eigenvalue weighted by atomic mass is 16.5. The van der Waals surface area contributed by atoms with E-state index >= 15 is 0 Å². The molecule has 0 saturated heterocycles. The Hall–Kier alpha value is -3.74. The third-order valence-electron chi connectivity index (χ3n) is 4.18. The van der Waals surface area contributed by atoms with Gasteiger partial charge in [-0.25, -0.2) is 4.79 Å². The Bertz CT molecular complexity index is 851. The molecule has 9 nitrogen and oxygen atoms in total. The molecule has 2 atom stereocenters. The van der Waals surface area contributed by atoms with E-state index in [1.54, 1.807) is 30.3 Å². The quantitative estimate of drug-likeness (QED) is 0.436. The van der Waals surface area contributed by atoms with Crippen molar-refractivity contribution >= 4 is 23.3 Å². The lowest BCUT2D eigenvalue weighted by molar-refractivity contribution is -0.123. The van der Waals surface area contributed by atoms with Gasteiger partial charge in [-0.1, -0.05) is 18.2 Å². The zero-order chi connectivity index (χ0) is 22.9. The highest BCUT2D eigenvalue weighted by Crippen LogP contribution is 2.15. The Kier molecular flexibility index (Phi) is 12.4. The second-order valence-electron chi connectivity index (χ2n) is 6.84. The first-order valence-electron chi connectivity index (χ1n) is 9.85. The molecule has 0 bridgehead atoms. The maximum absolute atomic E-state index is 12.5. The van der Waals surface area contributed by atoms with Gasteiger partial charge in [0.15, 0.2) is 0 Å².